The summed E-state index contributed by atoms with van der Waals surface area (Å²) in [5.74, 6) is 0.184. The van der Waals surface area contributed by atoms with Gasteiger partial charge in [-0.15, -0.1) is 0 Å². The summed E-state index contributed by atoms with van der Waals surface area (Å²) in [5, 5.41) is 0. The van der Waals surface area contributed by atoms with E-state index in [0.29, 0.717) is 23.6 Å². The van der Waals surface area contributed by atoms with E-state index in [1.165, 1.54) is 24.5 Å². The van der Waals surface area contributed by atoms with Crippen molar-refractivity contribution in [2.75, 3.05) is 25.5 Å². The van der Waals surface area contributed by atoms with Gasteiger partial charge in [0.15, 0.2) is 0 Å². The Bertz CT molecular complexity index is 951. The Labute approximate surface area is 155 Å². The minimum Gasteiger partial charge on any atom is -0.308 e. The quantitative estimate of drug-likeness (QED) is 0.832. The van der Waals surface area contributed by atoms with E-state index in [0.717, 1.165) is 17.7 Å². The maximum Gasteiger partial charge on any atom is 0.258 e. The zero-order valence-electron chi connectivity index (χ0n) is 15.6. The van der Waals surface area contributed by atoms with Gasteiger partial charge in [-0.3, -0.25) is 4.79 Å². The van der Waals surface area contributed by atoms with Gasteiger partial charge in [0, 0.05) is 31.9 Å². The monoisotopic (exact) mass is 372 g/mol. The smallest absolute Gasteiger partial charge is 0.258 e. The summed E-state index contributed by atoms with van der Waals surface area (Å²) in [7, 11) is -0.619. The van der Waals surface area contributed by atoms with Crippen LogP contribution in [0.4, 0.5) is 5.69 Å². The molecule has 1 heterocycles. The highest BCUT2D eigenvalue weighted by Crippen LogP contribution is 2.31. The van der Waals surface area contributed by atoms with Gasteiger partial charge >= 0.3 is 0 Å². The molecule has 0 bridgehead atoms. The van der Waals surface area contributed by atoms with E-state index >= 15 is 0 Å². The van der Waals surface area contributed by atoms with Crippen LogP contribution in [0.2, 0.25) is 0 Å². The average Bonchev–Trinajstić information content (AvgIpc) is 2.60. The summed E-state index contributed by atoms with van der Waals surface area (Å²) in [4.78, 5) is 15.1. The van der Waals surface area contributed by atoms with Crippen molar-refractivity contribution in [3.8, 4) is 0 Å². The number of para-hydroxylation sites is 1. The molecule has 0 aliphatic carbocycles. The Morgan fingerprint density at radius 2 is 1.85 bits per heavy atom. The molecular formula is C20H24N2O3S. The Hall–Kier alpha value is -2.18. The number of fused-ring (bicyclic) bond motifs is 1. The predicted octanol–water partition coefficient (Wildman–Crippen LogP) is 3.08. The van der Waals surface area contributed by atoms with Crippen molar-refractivity contribution >= 4 is 21.6 Å². The molecule has 0 aromatic heterocycles. The first kappa shape index (κ1) is 18.6. The molecule has 6 heteroatoms. The number of nitrogens with zero attached hydrogens (tertiary/aromatic N) is 2. The van der Waals surface area contributed by atoms with Crippen LogP contribution in [0.1, 0.15) is 28.4 Å². The molecular weight excluding hydrogens is 348 g/mol. The zero-order valence-corrected chi connectivity index (χ0v) is 16.4. The van der Waals surface area contributed by atoms with Crippen molar-refractivity contribution in [3.63, 3.8) is 0 Å². The molecule has 26 heavy (non-hydrogen) atoms. The van der Waals surface area contributed by atoms with Crippen LogP contribution in [0.3, 0.4) is 0 Å². The van der Waals surface area contributed by atoms with Crippen molar-refractivity contribution in [1.82, 2.24) is 4.31 Å². The lowest BCUT2D eigenvalue weighted by atomic mass is 9.93. The van der Waals surface area contributed by atoms with Crippen LogP contribution in [-0.2, 0) is 16.4 Å². The fourth-order valence-corrected chi connectivity index (χ4v) is 4.50. The van der Waals surface area contributed by atoms with Crippen LogP contribution in [0.5, 0.6) is 0 Å². The molecule has 2 aromatic carbocycles. The summed E-state index contributed by atoms with van der Waals surface area (Å²) in [6.07, 6.45) is 0.939. The number of hydrogen-bond donors (Lipinski definition) is 0. The predicted molar refractivity (Wildman–Crippen MR) is 103 cm³/mol. The maximum atomic E-state index is 13.2. The standard InChI is InChI=1S/C20H24N2O3S/c1-14-11-16-7-5-6-8-18(16)22(13-14)20(23)17-10-9-15(2)19(12-17)26(24,25)21(3)4/h5-10,12,14H,11,13H2,1-4H3. The molecule has 1 unspecified atom stereocenters. The van der Waals surface area contributed by atoms with Gasteiger partial charge in [-0.05, 0) is 48.6 Å². The molecule has 0 spiro atoms. The van der Waals surface area contributed by atoms with Crippen molar-refractivity contribution in [3.05, 3.63) is 59.2 Å². The second-order valence-electron chi connectivity index (χ2n) is 7.12. The minimum absolute atomic E-state index is 0.167. The van der Waals surface area contributed by atoms with E-state index in [-0.39, 0.29) is 10.8 Å². The molecule has 1 atom stereocenters. The van der Waals surface area contributed by atoms with Crippen LogP contribution in [-0.4, -0.2) is 39.3 Å². The van der Waals surface area contributed by atoms with Gasteiger partial charge in [-0.2, -0.15) is 0 Å². The van der Waals surface area contributed by atoms with E-state index in [4.69, 9.17) is 0 Å². The highest BCUT2D eigenvalue weighted by Gasteiger charge is 2.28. The number of amides is 1. The van der Waals surface area contributed by atoms with E-state index in [1.807, 2.05) is 24.3 Å². The van der Waals surface area contributed by atoms with Crippen LogP contribution < -0.4 is 4.90 Å². The molecule has 0 radical (unpaired) electrons. The van der Waals surface area contributed by atoms with Crippen LogP contribution in [0.25, 0.3) is 0 Å². The first-order chi connectivity index (χ1) is 12.2. The lowest BCUT2D eigenvalue weighted by molar-refractivity contribution is 0.0981. The van der Waals surface area contributed by atoms with E-state index in [1.54, 1.807) is 24.0 Å². The van der Waals surface area contributed by atoms with Gasteiger partial charge in [0.05, 0.1) is 4.90 Å². The number of carbonyl (C=O) groups excluding carboxylic acids is 1. The Balaban J connectivity index is 2.04. The molecule has 1 amide bonds. The molecule has 0 N–H and O–H groups in total. The number of aryl methyl sites for hydroxylation is 1. The van der Waals surface area contributed by atoms with Gasteiger partial charge in [0.25, 0.3) is 5.91 Å². The summed E-state index contributed by atoms with van der Waals surface area (Å²) >= 11 is 0. The first-order valence-corrected chi connectivity index (χ1v) is 10.1. The topological polar surface area (TPSA) is 57.7 Å². The highest BCUT2D eigenvalue weighted by molar-refractivity contribution is 7.89. The molecule has 0 saturated heterocycles. The minimum atomic E-state index is -3.60. The second-order valence-corrected chi connectivity index (χ2v) is 9.24. The van der Waals surface area contributed by atoms with Gasteiger partial charge in [-0.1, -0.05) is 31.2 Å². The Morgan fingerprint density at radius 3 is 2.54 bits per heavy atom. The van der Waals surface area contributed by atoms with Crippen molar-refractivity contribution in [2.45, 2.75) is 25.2 Å². The van der Waals surface area contributed by atoms with Crippen LogP contribution in [0, 0.1) is 12.8 Å². The normalized spacial score (nSPS) is 17.3. The van der Waals surface area contributed by atoms with Gasteiger partial charge < -0.3 is 4.90 Å². The molecule has 138 valence electrons. The van der Waals surface area contributed by atoms with Crippen molar-refractivity contribution in [2.24, 2.45) is 5.92 Å². The van der Waals surface area contributed by atoms with Gasteiger partial charge in [0.2, 0.25) is 10.0 Å². The molecule has 1 aliphatic rings. The third-order valence-corrected chi connectivity index (χ3v) is 6.74. The number of anilines is 1. The fraction of sp³-hybridized carbons (Fsp3) is 0.350. The third-order valence-electron chi connectivity index (χ3n) is 4.78. The van der Waals surface area contributed by atoms with Crippen LogP contribution in [0.15, 0.2) is 47.4 Å². The number of rotatable bonds is 3. The van der Waals surface area contributed by atoms with Gasteiger partial charge in [-0.25, -0.2) is 12.7 Å². The number of hydrogen-bond acceptors (Lipinski definition) is 3. The molecule has 5 nitrogen and oxygen atoms in total. The number of carbonyl (C=O) groups is 1. The third kappa shape index (κ3) is 3.27. The zero-order chi connectivity index (χ0) is 19.1. The lowest BCUT2D eigenvalue weighted by Crippen LogP contribution is -2.39. The summed E-state index contributed by atoms with van der Waals surface area (Å²) in [6, 6.07) is 12.8. The van der Waals surface area contributed by atoms with E-state index in [2.05, 4.69) is 6.92 Å². The number of benzene rings is 2. The summed E-state index contributed by atoms with van der Waals surface area (Å²) in [5.41, 5.74) is 3.07. The maximum absolute atomic E-state index is 13.2. The molecule has 0 fully saturated rings. The molecule has 3 rings (SSSR count). The van der Waals surface area contributed by atoms with Crippen molar-refractivity contribution in [1.29, 1.82) is 0 Å². The van der Waals surface area contributed by atoms with Crippen molar-refractivity contribution < 1.29 is 13.2 Å². The molecule has 0 saturated carbocycles. The Morgan fingerprint density at radius 1 is 1.15 bits per heavy atom. The Kier molecular flexibility index (Phi) is 4.90. The SMILES string of the molecule is Cc1ccc(C(=O)N2CC(C)Cc3ccccc32)cc1S(=O)(=O)N(C)C. The van der Waals surface area contributed by atoms with Gasteiger partial charge in [0.1, 0.15) is 0 Å². The van der Waals surface area contributed by atoms with Crippen LogP contribution >= 0.6 is 0 Å². The number of sulfonamides is 1. The van der Waals surface area contributed by atoms with E-state index < -0.39 is 10.0 Å². The summed E-state index contributed by atoms with van der Waals surface area (Å²) in [6.45, 7) is 4.48. The lowest BCUT2D eigenvalue weighted by Gasteiger charge is -2.33. The first-order valence-electron chi connectivity index (χ1n) is 8.64. The highest BCUT2D eigenvalue weighted by atomic mass is 32.2. The average molecular weight is 372 g/mol. The largest absolute Gasteiger partial charge is 0.308 e. The molecule has 1 aliphatic heterocycles. The summed E-state index contributed by atoms with van der Waals surface area (Å²) < 4.78 is 26.3. The fourth-order valence-electron chi connectivity index (χ4n) is 3.35. The molecule has 2 aromatic rings. The van der Waals surface area contributed by atoms with E-state index in [9.17, 15) is 13.2 Å². The second kappa shape index (κ2) is 6.85.